The molecular formula is C13H19NO4. The summed E-state index contributed by atoms with van der Waals surface area (Å²) >= 11 is 0. The largest absolute Gasteiger partial charge is 0.487 e. The zero-order chi connectivity index (χ0) is 12.8. The molecule has 1 saturated heterocycles. The minimum atomic E-state index is -0.273. The van der Waals surface area contributed by atoms with Gasteiger partial charge in [0.1, 0.15) is 18.6 Å². The van der Waals surface area contributed by atoms with Gasteiger partial charge in [-0.15, -0.1) is 0 Å². The lowest BCUT2D eigenvalue weighted by Crippen LogP contribution is -2.22. The van der Waals surface area contributed by atoms with Crippen LogP contribution >= 0.6 is 0 Å². The van der Waals surface area contributed by atoms with E-state index in [1.807, 2.05) is 0 Å². The van der Waals surface area contributed by atoms with Crippen LogP contribution in [0.25, 0.3) is 0 Å². The average molecular weight is 253 g/mol. The van der Waals surface area contributed by atoms with Crippen molar-refractivity contribution in [1.82, 2.24) is 4.90 Å². The first-order valence-corrected chi connectivity index (χ1v) is 6.37. The van der Waals surface area contributed by atoms with Crippen LogP contribution in [0.5, 0.6) is 5.75 Å². The van der Waals surface area contributed by atoms with Gasteiger partial charge in [-0.2, -0.15) is 0 Å². The van der Waals surface area contributed by atoms with Crippen molar-refractivity contribution >= 4 is 0 Å². The van der Waals surface area contributed by atoms with Gasteiger partial charge in [0.05, 0.1) is 6.61 Å². The molecule has 0 amide bonds. The number of hydrogen-bond acceptors (Lipinski definition) is 5. The van der Waals surface area contributed by atoms with Crippen LogP contribution in [0, 0.1) is 0 Å². The van der Waals surface area contributed by atoms with Gasteiger partial charge in [-0.05, 0) is 32.4 Å². The van der Waals surface area contributed by atoms with Crippen molar-refractivity contribution in [2.24, 2.45) is 0 Å². The molecule has 0 spiro atoms. The van der Waals surface area contributed by atoms with E-state index in [9.17, 15) is 4.79 Å². The molecule has 0 atom stereocenters. The quantitative estimate of drug-likeness (QED) is 0.766. The number of likely N-dealkylation sites (tertiary alicyclic amines) is 1. The fraction of sp³-hybridized carbons (Fsp3) is 0.615. The summed E-state index contributed by atoms with van der Waals surface area (Å²) in [4.78, 5) is 13.9. The van der Waals surface area contributed by atoms with Gasteiger partial charge < -0.3 is 19.2 Å². The van der Waals surface area contributed by atoms with Gasteiger partial charge in [-0.1, -0.05) is 0 Å². The summed E-state index contributed by atoms with van der Waals surface area (Å²) < 4.78 is 10.4. The van der Waals surface area contributed by atoms with Crippen molar-refractivity contribution in [3.05, 3.63) is 28.3 Å². The van der Waals surface area contributed by atoms with E-state index in [4.69, 9.17) is 14.3 Å². The highest BCUT2D eigenvalue weighted by atomic mass is 16.5. The van der Waals surface area contributed by atoms with Crippen LogP contribution in [0.3, 0.4) is 0 Å². The average Bonchev–Trinajstić information content (AvgIpc) is 2.89. The first-order chi connectivity index (χ1) is 8.79. The molecule has 1 aromatic heterocycles. The standard InChI is InChI=1S/C13H19NO4/c15-9-11-8-12(16)13(10-18-11)17-7-3-6-14-4-1-2-5-14/h8,10,15H,1-7,9H2. The summed E-state index contributed by atoms with van der Waals surface area (Å²) in [6, 6.07) is 1.26. The van der Waals surface area contributed by atoms with E-state index in [1.54, 1.807) is 0 Å². The van der Waals surface area contributed by atoms with Crippen LogP contribution in [-0.2, 0) is 6.61 Å². The molecule has 1 aliphatic heterocycles. The Morgan fingerprint density at radius 2 is 2.17 bits per heavy atom. The predicted molar refractivity (Wildman–Crippen MR) is 66.7 cm³/mol. The van der Waals surface area contributed by atoms with Crippen LogP contribution in [0.1, 0.15) is 25.0 Å². The second kappa shape index (κ2) is 6.56. The maximum atomic E-state index is 11.5. The van der Waals surface area contributed by atoms with Gasteiger partial charge >= 0.3 is 0 Å². The van der Waals surface area contributed by atoms with Gasteiger partial charge in [0.2, 0.25) is 11.2 Å². The zero-order valence-corrected chi connectivity index (χ0v) is 10.4. The Kier molecular flexibility index (Phi) is 4.78. The summed E-state index contributed by atoms with van der Waals surface area (Å²) in [5.74, 6) is 0.470. The molecule has 2 heterocycles. The lowest BCUT2D eigenvalue weighted by Gasteiger charge is -2.14. The molecule has 1 N–H and O–H groups in total. The number of hydrogen-bond donors (Lipinski definition) is 1. The molecule has 0 radical (unpaired) electrons. The highest BCUT2D eigenvalue weighted by Gasteiger charge is 2.10. The minimum Gasteiger partial charge on any atom is -0.487 e. The molecule has 0 aliphatic carbocycles. The van der Waals surface area contributed by atoms with Gasteiger partial charge in [0.15, 0.2) is 0 Å². The fourth-order valence-corrected chi connectivity index (χ4v) is 2.10. The fourth-order valence-electron chi connectivity index (χ4n) is 2.10. The third-order valence-electron chi connectivity index (χ3n) is 3.08. The monoisotopic (exact) mass is 253 g/mol. The van der Waals surface area contributed by atoms with Crippen LogP contribution < -0.4 is 10.2 Å². The van der Waals surface area contributed by atoms with Crippen molar-refractivity contribution < 1.29 is 14.3 Å². The third-order valence-corrected chi connectivity index (χ3v) is 3.08. The number of nitrogens with zero attached hydrogens (tertiary/aromatic N) is 1. The molecule has 18 heavy (non-hydrogen) atoms. The number of rotatable bonds is 6. The van der Waals surface area contributed by atoms with Crippen molar-refractivity contribution in [2.75, 3.05) is 26.2 Å². The molecular weight excluding hydrogens is 234 g/mol. The van der Waals surface area contributed by atoms with E-state index >= 15 is 0 Å². The first-order valence-electron chi connectivity index (χ1n) is 6.37. The van der Waals surface area contributed by atoms with Crippen molar-refractivity contribution in [3.63, 3.8) is 0 Å². The molecule has 1 aliphatic rings. The first kappa shape index (κ1) is 13.1. The maximum absolute atomic E-state index is 11.5. The summed E-state index contributed by atoms with van der Waals surface area (Å²) in [6.07, 6.45) is 4.74. The topological polar surface area (TPSA) is 62.9 Å². The third kappa shape index (κ3) is 3.58. The Balaban J connectivity index is 1.74. The van der Waals surface area contributed by atoms with E-state index in [0.717, 1.165) is 13.0 Å². The minimum absolute atomic E-state index is 0.216. The van der Waals surface area contributed by atoms with Crippen LogP contribution in [-0.4, -0.2) is 36.2 Å². The van der Waals surface area contributed by atoms with E-state index in [-0.39, 0.29) is 23.5 Å². The summed E-state index contributed by atoms with van der Waals surface area (Å²) in [7, 11) is 0. The summed E-state index contributed by atoms with van der Waals surface area (Å²) in [6.45, 7) is 3.60. The molecule has 1 fully saturated rings. The smallest absolute Gasteiger partial charge is 0.227 e. The highest BCUT2D eigenvalue weighted by Crippen LogP contribution is 2.09. The number of aliphatic hydroxyl groups is 1. The number of ether oxygens (including phenoxy) is 1. The SMILES string of the molecule is O=c1cc(CO)occ1OCCCN1CCCC1. The van der Waals surface area contributed by atoms with Gasteiger partial charge in [-0.3, -0.25) is 4.79 Å². The molecule has 0 saturated carbocycles. The molecule has 5 nitrogen and oxygen atoms in total. The Morgan fingerprint density at radius 1 is 1.39 bits per heavy atom. The van der Waals surface area contributed by atoms with E-state index in [0.29, 0.717) is 6.61 Å². The van der Waals surface area contributed by atoms with Crippen LogP contribution in [0.4, 0.5) is 0 Å². The summed E-state index contributed by atoms with van der Waals surface area (Å²) in [5, 5.41) is 8.81. The van der Waals surface area contributed by atoms with Gasteiger partial charge in [0.25, 0.3) is 0 Å². The molecule has 2 rings (SSSR count). The Labute approximate surface area is 106 Å². The van der Waals surface area contributed by atoms with Crippen LogP contribution in [0.15, 0.2) is 21.5 Å². The van der Waals surface area contributed by atoms with Crippen molar-refractivity contribution in [2.45, 2.75) is 25.9 Å². The van der Waals surface area contributed by atoms with E-state index in [2.05, 4.69) is 4.90 Å². The zero-order valence-electron chi connectivity index (χ0n) is 10.4. The summed E-state index contributed by atoms with van der Waals surface area (Å²) in [5.41, 5.74) is -0.244. The Bertz CT molecular complexity index is 423. The van der Waals surface area contributed by atoms with Gasteiger partial charge in [-0.25, -0.2) is 0 Å². The predicted octanol–water partition coefficient (Wildman–Crippen LogP) is 0.997. The molecule has 1 aromatic rings. The molecule has 5 heteroatoms. The van der Waals surface area contributed by atoms with Crippen molar-refractivity contribution in [1.29, 1.82) is 0 Å². The van der Waals surface area contributed by atoms with E-state index < -0.39 is 0 Å². The molecule has 0 aromatic carbocycles. The normalized spacial score (nSPS) is 16.1. The Hall–Kier alpha value is -1.33. The maximum Gasteiger partial charge on any atom is 0.227 e. The number of aliphatic hydroxyl groups excluding tert-OH is 1. The lowest BCUT2D eigenvalue weighted by atomic mass is 10.4. The molecule has 0 unspecified atom stereocenters. The lowest BCUT2D eigenvalue weighted by molar-refractivity contribution is 0.232. The highest BCUT2D eigenvalue weighted by molar-refractivity contribution is 5.17. The molecule has 0 bridgehead atoms. The second-order valence-electron chi connectivity index (χ2n) is 4.48. The molecule has 100 valence electrons. The Morgan fingerprint density at radius 3 is 2.83 bits per heavy atom. The van der Waals surface area contributed by atoms with Gasteiger partial charge in [0, 0.05) is 12.6 Å². The van der Waals surface area contributed by atoms with Crippen molar-refractivity contribution in [3.8, 4) is 5.75 Å². The second-order valence-corrected chi connectivity index (χ2v) is 4.48. The van der Waals surface area contributed by atoms with E-state index in [1.165, 1.54) is 38.3 Å². The van der Waals surface area contributed by atoms with Crippen LogP contribution in [0.2, 0.25) is 0 Å².